The van der Waals surface area contributed by atoms with Gasteiger partial charge < -0.3 is 9.64 Å². The first kappa shape index (κ1) is 19.6. The van der Waals surface area contributed by atoms with E-state index in [1.165, 1.54) is 4.90 Å². The van der Waals surface area contributed by atoms with Crippen molar-refractivity contribution in [2.24, 2.45) is 0 Å². The highest BCUT2D eigenvalue weighted by molar-refractivity contribution is 7.91. The molecule has 2 heterocycles. The standard InChI is InChI=1S/C19H21NO5S2/c21-18(13-25-19(22)9-8-17-7-4-11-26-17)20(15-5-2-1-3-6-15)16-10-12-27(23,24)14-16/h1-7,11,16H,8-10,12-14H2/t16-/m0/s1. The largest absolute Gasteiger partial charge is 0.456 e. The second kappa shape index (κ2) is 8.67. The molecule has 0 bridgehead atoms. The van der Waals surface area contributed by atoms with Gasteiger partial charge in [0.2, 0.25) is 0 Å². The van der Waals surface area contributed by atoms with Gasteiger partial charge in [-0.1, -0.05) is 24.3 Å². The maximum atomic E-state index is 12.7. The number of ether oxygens (including phenoxy) is 1. The van der Waals surface area contributed by atoms with Gasteiger partial charge in [-0.25, -0.2) is 8.42 Å². The molecule has 2 aromatic rings. The summed E-state index contributed by atoms with van der Waals surface area (Å²) >= 11 is 1.57. The number of carbonyl (C=O) groups is 2. The van der Waals surface area contributed by atoms with Crippen molar-refractivity contribution in [2.45, 2.75) is 25.3 Å². The Balaban J connectivity index is 1.62. The predicted molar refractivity (Wildman–Crippen MR) is 105 cm³/mol. The predicted octanol–water partition coefficient (Wildman–Crippen LogP) is 2.44. The number of para-hydroxylation sites is 1. The lowest BCUT2D eigenvalue weighted by molar-refractivity contribution is -0.147. The molecule has 0 saturated carbocycles. The fourth-order valence-electron chi connectivity index (χ4n) is 3.09. The first-order chi connectivity index (χ1) is 12.9. The van der Waals surface area contributed by atoms with E-state index in [2.05, 4.69) is 0 Å². The van der Waals surface area contributed by atoms with Crippen LogP contribution >= 0.6 is 11.3 Å². The van der Waals surface area contributed by atoms with Gasteiger partial charge in [0, 0.05) is 10.6 Å². The van der Waals surface area contributed by atoms with Crippen molar-refractivity contribution in [2.75, 3.05) is 23.0 Å². The quantitative estimate of drug-likeness (QED) is 0.659. The number of benzene rings is 1. The second-order valence-electron chi connectivity index (χ2n) is 6.40. The number of sulfone groups is 1. The molecule has 27 heavy (non-hydrogen) atoms. The Morgan fingerprint density at radius 2 is 1.93 bits per heavy atom. The molecule has 1 aromatic heterocycles. The van der Waals surface area contributed by atoms with Crippen molar-refractivity contribution < 1.29 is 22.7 Å². The normalized spacial score (nSPS) is 18.1. The molecule has 0 spiro atoms. The molecular formula is C19H21NO5S2. The number of nitrogens with zero attached hydrogens (tertiary/aromatic N) is 1. The van der Waals surface area contributed by atoms with E-state index in [0.717, 1.165) is 4.88 Å². The number of amides is 1. The number of anilines is 1. The molecule has 0 aliphatic carbocycles. The molecule has 6 nitrogen and oxygen atoms in total. The summed E-state index contributed by atoms with van der Waals surface area (Å²) in [6, 6.07) is 12.3. The van der Waals surface area contributed by atoms with Crippen LogP contribution in [0.1, 0.15) is 17.7 Å². The summed E-state index contributed by atoms with van der Waals surface area (Å²) in [6.07, 6.45) is 1.17. The number of carbonyl (C=O) groups excluding carboxylic acids is 2. The summed E-state index contributed by atoms with van der Waals surface area (Å²) in [5.74, 6) is -0.856. The minimum absolute atomic E-state index is 0.0644. The molecule has 1 amide bonds. The molecule has 0 unspecified atom stereocenters. The number of hydrogen-bond acceptors (Lipinski definition) is 6. The van der Waals surface area contributed by atoms with Crippen molar-refractivity contribution in [3.63, 3.8) is 0 Å². The van der Waals surface area contributed by atoms with E-state index in [1.54, 1.807) is 35.6 Å². The molecule has 1 atom stereocenters. The fourth-order valence-corrected chi connectivity index (χ4v) is 5.50. The third-order valence-corrected chi connectivity index (χ3v) is 7.08. The SMILES string of the molecule is O=C(CCc1cccs1)OCC(=O)N(c1ccccc1)[C@H]1CCS(=O)(=O)C1. The molecule has 144 valence electrons. The van der Waals surface area contributed by atoms with Gasteiger partial charge in [-0.15, -0.1) is 11.3 Å². The first-order valence-electron chi connectivity index (χ1n) is 8.70. The van der Waals surface area contributed by atoms with Crippen LogP contribution in [0.5, 0.6) is 0 Å². The summed E-state index contributed by atoms with van der Waals surface area (Å²) in [5.41, 5.74) is 0.610. The number of rotatable bonds is 7. The Hall–Kier alpha value is -2.19. The van der Waals surface area contributed by atoms with E-state index in [-0.39, 0.29) is 17.9 Å². The Labute approximate surface area is 162 Å². The van der Waals surface area contributed by atoms with Gasteiger partial charge in [-0.2, -0.15) is 0 Å². The zero-order valence-corrected chi connectivity index (χ0v) is 16.4. The van der Waals surface area contributed by atoms with E-state index in [1.807, 2.05) is 23.6 Å². The van der Waals surface area contributed by atoms with Crippen LogP contribution in [0, 0.1) is 0 Å². The summed E-state index contributed by atoms with van der Waals surface area (Å²) in [6.45, 7) is -0.394. The van der Waals surface area contributed by atoms with Crippen LogP contribution in [-0.2, 0) is 30.6 Å². The van der Waals surface area contributed by atoms with Crippen molar-refractivity contribution in [1.29, 1.82) is 0 Å². The van der Waals surface area contributed by atoms with E-state index in [9.17, 15) is 18.0 Å². The lowest BCUT2D eigenvalue weighted by Crippen LogP contribution is -2.43. The average molecular weight is 408 g/mol. The van der Waals surface area contributed by atoms with Gasteiger partial charge in [0.05, 0.1) is 24.0 Å². The molecule has 1 fully saturated rings. The lowest BCUT2D eigenvalue weighted by Gasteiger charge is -2.28. The van der Waals surface area contributed by atoms with E-state index >= 15 is 0 Å². The van der Waals surface area contributed by atoms with E-state index in [4.69, 9.17) is 4.74 Å². The monoisotopic (exact) mass is 407 g/mol. The summed E-state index contributed by atoms with van der Waals surface area (Å²) in [5, 5.41) is 1.94. The number of thiophene rings is 1. The van der Waals surface area contributed by atoms with Crippen LogP contribution in [0.15, 0.2) is 47.8 Å². The van der Waals surface area contributed by atoms with Gasteiger partial charge in [0.15, 0.2) is 16.4 Å². The highest BCUT2D eigenvalue weighted by atomic mass is 32.2. The molecular weight excluding hydrogens is 386 g/mol. The molecule has 1 saturated heterocycles. The fraction of sp³-hybridized carbons (Fsp3) is 0.368. The van der Waals surface area contributed by atoms with Gasteiger partial charge in [-0.3, -0.25) is 9.59 Å². The summed E-state index contributed by atoms with van der Waals surface area (Å²) < 4.78 is 28.8. The maximum absolute atomic E-state index is 12.7. The zero-order valence-electron chi connectivity index (χ0n) is 14.7. The summed E-state index contributed by atoms with van der Waals surface area (Å²) in [7, 11) is -3.15. The van der Waals surface area contributed by atoms with Crippen LogP contribution in [-0.4, -0.2) is 44.4 Å². The molecule has 3 rings (SSSR count). The van der Waals surface area contributed by atoms with Crippen LogP contribution in [0.2, 0.25) is 0 Å². The lowest BCUT2D eigenvalue weighted by atomic mass is 10.2. The minimum atomic E-state index is -3.15. The molecule has 1 aliphatic heterocycles. The number of aryl methyl sites for hydroxylation is 1. The van der Waals surface area contributed by atoms with Gasteiger partial charge in [0.1, 0.15) is 0 Å². The average Bonchev–Trinajstić information content (AvgIpc) is 3.29. The number of hydrogen-bond donors (Lipinski definition) is 0. The van der Waals surface area contributed by atoms with Gasteiger partial charge in [-0.05, 0) is 36.4 Å². The Kier molecular flexibility index (Phi) is 6.28. The van der Waals surface area contributed by atoms with Crippen LogP contribution in [0.25, 0.3) is 0 Å². The topological polar surface area (TPSA) is 80.8 Å². The van der Waals surface area contributed by atoms with Crippen molar-refractivity contribution in [3.8, 4) is 0 Å². The zero-order chi connectivity index (χ0) is 19.3. The molecule has 0 radical (unpaired) electrons. The van der Waals surface area contributed by atoms with E-state index in [0.29, 0.717) is 18.5 Å². The third-order valence-electron chi connectivity index (χ3n) is 4.39. The smallest absolute Gasteiger partial charge is 0.306 e. The third kappa shape index (κ3) is 5.40. The molecule has 0 N–H and O–H groups in total. The Bertz CT molecular complexity index is 878. The second-order valence-corrected chi connectivity index (χ2v) is 9.66. The highest BCUT2D eigenvalue weighted by Gasteiger charge is 2.35. The van der Waals surface area contributed by atoms with Gasteiger partial charge in [0.25, 0.3) is 5.91 Å². The Morgan fingerprint density at radius 1 is 1.15 bits per heavy atom. The van der Waals surface area contributed by atoms with Gasteiger partial charge >= 0.3 is 5.97 Å². The molecule has 1 aromatic carbocycles. The maximum Gasteiger partial charge on any atom is 0.306 e. The minimum Gasteiger partial charge on any atom is -0.456 e. The van der Waals surface area contributed by atoms with Crippen molar-refractivity contribution in [1.82, 2.24) is 0 Å². The first-order valence-corrected chi connectivity index (χ1v) is 11.4. The van der Waals surface area contributed by atoms with E-state index < -0.39 is 34.4 Å². The Morgan fingerprint density at radius 3 is 2.56 bits per heavy atom. The summed E-state index contributed by atoms with van der Waals surface area (Å²) in [4.78, 5) is 27.2. The highest BCUT2D eigenvalue weighted by Crippen LogP contribution is 2.24. The van der Waals surface area contributed by atoms with Crippen molar-refractivity contribution >= 4 is 38.7 Å². The van der Waals surface area contributed by atoms with Crippen LogP contribution in [0.4, 0.5) is 5.69 Å². The molecule has 8 heteroatoms. The van der Waals surface area contributed by atoms with Crippen molar-refractivity contribution in [3.05, 3.63) is 52.7 Å². The van der Waals surface area contributed by atoms with Crippen LogP contribution in [0.3, 0.4) is 0 Å². The molecule has 1 aliphatic rings. The number of esters is 1. The van der Waals surface area contributed by atoms with Crippen LogP contribution < -0.4 is 4.90 Å².